The Morgan fingerprint density at radius 1 is 1.52 bits per heavy atom. The minimum Gasteiger partial charge on any atom is -0.496 e. The van der Waals surface area contributed by atoms with Crippen molar-refractivity contribution in [1.82, 2.24) is 15.1 Å². The van der Waals surface area contributed by atoms with Gasteiger partial charge in [0.25, 0.3) is 5.91 Å². The fourth-order valence-electron chi connectivity index (χ4n) is 1.95. The van der Waals surface area contributed by atoms with Crippen LogP contribution in [0.1, 0.15) is 23.0 Å². The SMILES string of the molecule is CCn1ncc(Br)c1CNC(=O)c1cc(Cl)ccc1OC. The Hall–Kier alpha value is -1.53. The van der Waals surface area contributed by atoms with E-state index < -0.39 is 0 Å². The molecule has 0 aliphatic rings. The molecule has 0 atom stereocenters. The van der Waals surface area contributed by atoms with Crippen LogP contribution in [0.5, 0.6) is 5.75 Å². The number of nitrogens with zero attached hydrogens (tertiary/aromatic N) is 2. The molecule has 0 saturated heterocycles. The van der Waals surface area contributed by atoms with Gasteiger partial charge in [-0.05, 0) is 41.1 Å². The molecule has 0 spiro atoms. The molecule has 0 aliphatic carbocycles. The smallest absolute Gasteiger partial charge is 0.255 e. The van der Waals surface area contributed by atoms with E-state index in [1.807, 2.05) is 11.6 Å². The Balaban J connectivity index is 2.15. The van der Waals surface area contributed by atoms with Gasteiger partial charge in [-0.2, -0.15) is 5.10 Å². The molecule has 1 amide bonds. The molecule has 0 radical (unpaired) electrons. The van der Waals surface area contributed by atoms with E-state index in [4.69, 9.17) is 16.3 Å². The third-order valence-corrected chi connectivity index (χ3v) is 3.92. The zero-order valence-electron chi connectivity index (χ0n) is 11.7. The van der Waals surface area contributed by atoms with Crippen LogP contribution in [0.3, 0.4) is 0 Å². The molecule has 21 heavy (non-hydrogen) atoms. The number of amides is 1. The molecule has 7 heteroatoms. The number of rotatable bonds is 5. The van der Waals surface area contributed by atoms with Crippen LogP contribution >= 0.6 is 27.5 Å². The summed E-state index contributed by atoms with van der Waals surface area (Å²) in [5.74, 6) is 0.241. The Morgan fingerprint density at radius 3 is 2.95 bits per heavy atom. The minimum absolute atomic E-state index is 0.245. The van der Waals surface area contributed by atoms with Gasteiger partial charge in [-0.3, -0.25) is 9.48 Å². The van der Waals surface area contributed by atoms with Crippen LogP contribution in [0.15, 0.2) is 28.9 Å². The van der Waals surface area contributed by atoms with E-state index in [1.165, 1.54) is 7.11 Å². The van der Waals surface area contributed by atoms with Crippen LogP contribution in [0.2, 0.25) is 5.02 Å². The van der Waals surface area contributed by atoms with Gasteiger partial charge in [0, 0.05) is 11.6 Å². The lowest BCUT2D eigenvalue weighted by Crippen LogP contribution is -2.25. The molecule has 1 aromatic carbocycles. The normalized spacial score (nSPS) is 10.5. The molecule has 1 N–H and O–H groups in total. The molecule has 0 aliphatic heterocycles. The maximum atomic E-state index is 12.3. The fraction of sp³-hybridized carbons (Fsp3) is 0.286. The lowest BCUT2D eigenvalue weighted by molar-refractivity contribution is 0.0947. The Kier molecular flexibility index (Phi) is 5.25. The molecule has 1 aromatic heterocycles. The maximum absolute atomic E-state index is 12.3. The summed E-state index contributed by atoms with van der Waals surface area (Å²) in [5, 5.41) is 7.54. The summed E-state index contributed by atoms with van der Waals surface area (Å²) in [5.41, 5.74) is 1.32. The summed E-state index contributed by atoms with van der Waals surface area (Å²) in [7, 11) is 1.52. The van der Waals surface area contributed by atoms with Crippen LogP contribution < -0.4 is 10.1 Å². The van der Waals surface area contributed by atoms with Gasteiger partial charge >= 0.3 is 0 Å². The van der Waals surface area contributed by atoms with E-state index >= 15 is 0 Å². The zero-order valence-corrected chi connectivity index (χ0v) is 14.0. The number of carbonyl (C=O) groups excluding carboxylic acids is 1. The summed E-state index contributed by atoms with van der Waals surface area (Å²) in [6.45, 7) is 3.09. The number of methoxy groups -OCH3 is 1. The summed E-state index contributed by atoms with van der Waals surface area (Å²) in [6.07, 6.45) is 1.71. The molecule has 0 bridgehead atoms. The third kappa shape index (κ3) is 3.57. The van der Waals surface area contributed by atoms with E-state index in [-0.39, 0.29) is 5.91 Å². The number of aromatic nitrogens is 2. The number of carbonyl (C=O) groups is 1. The van der Waals surface area contributed by atoms with Crippen molar-refractivity contribution in [2.24, 2.45) is 0 Å². The topological polar surface area (TPSA) is 56.2 Å². The Labute approximate surface area is 136 Å². The molecule has 1 heterocycles. The zero-order chi connectivity index (χ0) is 15.4. The molecular weight excluding hydrogens is 358 g/mol. The van der Waals surface area contributed by atoms with Gasteiger partial charge in [0.05, 0.1) is 35.6 Å². The van der Waals surface area contributed by atoms with Crippen molar-refractivity contribution in [3.05, 3.63) is 45.1 Å². The predicted octanol–water partition coefficient (Wildman–Crippen LogP) is 3.26. The van der Waals surface area contributed by atoms with Crippen molar-refractivity contribution < 1.29 is 9.53 Å². The van der Waals surface area contributed by atoms with Gasteiger partial charge in [-0.15, -0.1) is 0 Å². The van der Waals surface area contributed by atoms with E-state index in [0.717, 1.165) is 16.7 Å². The number of hydrogen-bond acceptors (Lipinski definition) is 3. The van der Waals surface area contributed by atoms with Crippen LogP contribution in [0, 0.1) is 0 Å². The number of hydrogen-bond donors (Lipinski definition) is 1. The summed E-state index contributed by atoms with van der Waals surface area (Å²) in [4.78, 5) is 12.3. The quantitative estimate of drug-likeness (QED) is 0.876. The second-order valence-corrected chi connectivity index (χ2v) is 5.57. The highest BCUT2D eigenvalue weighted by Crippen LogP contribution is 2.23. The van der Waals surface area contributed by atoms with Gasteiger partial charge in [-0.25, -0.2) is 0 Å². The van der Waals surface area contributed by atoms with E-state index in [1.54, 1.807) is 24.4 Å². The second-order valence-electron chi connectivity index (χ2n) is 4.28. The highest BCUT2D eigenvalue weighted by atomic mass is 79.9. The predicted molar refractivity (Wildman–Crippen MR) is 84.8 cm³/mol. The number of benzene rings is 1. The van der Waals surface area contributed by atoms with Gasteiger partial charge < -0.3 is 10.1 Å². The average molecular weight is 373 g/mol. The molecule has 0 fully saturated rings. The molecular formula is C14H15BrClN3O2. The Morgan fingerprint density at radius 2 is 2.29 bits per heavy atom. The minimum atomic E-state index is -0.245. The van der Waals surface area contributed by atoms with Crippen molar-refractivity contribution in [3.8, 4) is 5.75 Å². The van der Waals surface area contributed by atoms with Crippen LogP contribution in [-0.4, -0.2) is 22.8 Å². The van der Waals surface area contributed by atoms with Crippen molar-refractivity contribution in [2.75, 3.05) is 7.11 Å². The van der Waals surface area contributed by atoms with Crippen molar-refractivity contribution in [3.63, 3.8) is 0 Å². The van der Waals surface area contributed by atoms with Crippen LogP contribution in [0.25, 0.3) is 0 Å². The highest BCUT2D eigenvalue weighted by Gasteiger charge is 2.14. The van der Waals surface area contributed by atoms with Gasteiger partial charge in [-0.1, -0.05) is 11.6 Å². The molecule has 0 saturated carbocycles. The van der Waals surface area contributed by atoms with E-state index in [9.17, 15) is 4.79 Å². The molecule has 2 aromatic rings. The van der Waals surface area contributed by atoms with Gasteiger partial charge in [0.15, 0.2) is 0 Å². The fourth-order valence-corrected chi connectivity index (χ4v) is 2.56. The molecule has 112 valence electrons. The number of nitrogens with one attached hydrogen (secondary N) is 1. The van der Waals surface area contributed by atoms with Gasteiger partial charge in [0.1, 0.15) is 5.75 Å². The standard InChI is InChI=1S/C14H15BrClN3O2/c1-3-19-12(11(15)7-18-19)8-17-14(20)10-6-9(16)4-5-13(10)21-2/h4-7H,3,8H2,1-2H3,(H,17,20). The second kappa shape index (κ2) is 6.95. The number of aryl methyl sites for hydroxylation is 1. The molecule has 0 unspecified atom stereocenters. The molecule has 5 nitrogen and oxygen atoms in total. The summed E-state index contributed by atoms with van der Waals surface area (Å²) < 4.78 is 7.86. The maximum Gasteiger partial charge on any atom is 0.255 e. The summed E-state index contributed by atoms with van der Waals surface area (Å²) >= 11 is 9.36. The van der Waals surface area contributed by atoms with Gasteiger partial charge in [0.2, 0.25) is 0 Å². The van der Waals surface area contributed by atoms with Crippen molar-refractivity contribution in [1.29, 1.82) is 0 Å². The number of ether oxygens (including phenoxy) is 1. The first-order chi connectivity index (χ1) is 10.1. The first kappa shape index (κ1) is 15.9. The van der Waals surface area contributed by atoms with Crippen molar-refractivity contribution in [2.45, 2.75) is 20.0 Å². The Bertz CT molecular complexity index is 658. The average Bonchev–Trinajstić information content (AvgIpc) is 2.85. The highest BCUT2D eigenvalue weighted by molar-refractivity contribution is 9.10. The van der Waals surface area contributed by atoms with Crippen molar-refractivity contribution >= 4 is 33.4 Å². The molecule has 2 rings (SSSR count). The first-order valence-corrected chi connectivity index (χ1v) is 7.55. The van der Waals surface area contributed by atoms with E-state index in [0.29, 0.717) is 22.9 Å². The van der Waals surface area contributed by atoms with Crippen LogP contribution in [0.4, 0.5) is 0 Å². The number of halogens is 2. The largest absolute Gasteiger partial charge is 0.496 e. The van der Waals surface area contributed by atoms with E-state index in [2.05, 4.69) is 26.3 Å². The lowest BCUT2D eigenvalue weighted by atomic mass is 10.2. The third-order valence-electron chi connectivity index (χ3n) is 3.02. The lowest BCUT2D eigenvalue weighted by Gasteiger charge is -2.11. The monoisotopic (exact) mass is 371 g/mol. The van der Waals surface area contributed by atoms with Crippen LogP contribution in [-0.2, 0) is 13.1 Å². The summed E-state index contributed by atoms with van der Waals surface area (Å²) in [6, 6.07) is 4.94. The first-order valence-electron chi connectivity index (χ1n) is 6.38.